The van der Waals surface area contributed by atoms with Crippen LogP contribution >= 0.6 is 0 Å². The van der Waals surface area contributed by atoms with Crippen molar-refractivity contribution in [3.63, 3.8) is 0 Å². The van der Waals surface area contributed by atoms with Gasteiger partial charge in [0.15, 0.2) is 5.58 Å². The second-order valence-corrected chi connectivity index (χ2v) is 27.9. The first-order valence-electron chi connectivity index (χ1n) is 36.9. The van der Waals surface area contributed by atoms with Gasteiger partial charge in [-0.3, -0.25) is 0 Å². The average molecular weight is 1380 g/mol. The maximum Gasteiger partial charge on any atom is 0.159 e. The monoisotopic (exact) mass is 1380 g/mol. The molecule has 506 valence electrons. The lowest BCUT2D eigenvalue weighted by molar-refractivity contribution is 0.668. The molecule has 20 aromatic rings. The Morgan fingerprint density at radius 3 is 1.07 bits per heavy atom. The summed E-state index contributed by atoms with van der Waals surface area (Å²) in [5.74, 6) is 0. The summed E-state index contributed by atoms with van der Waals surface area (Å²) >= 11 is 0. The summed E-state index contributed by atoms with van der Waals surface area (Å²) in [6, 6.07) is 149. The van der Waals surface area contributed by atoms with Crippen molar-refractivity contribution >= 4 is 99.5 Å². The topological polar surface area (TPSA) is 32.8 Å². The van der Waals surface area contributed by atoms with Crippen LogP contribution in [0.15, 0.2) is 421 Å². The number of benzene rings is 18. The third kappa shape index (κ3) is 11.8. The lowest BCUT2D eigenvalue weighted by atomic mass is 9.93. The third-order valence-electron chi connectivity index (χ3n) is 21.5. The van der Waals surface area contributed by atoms with Crippen molar-refractivity contribution in [3.05, 3.63) is 413 Å². The zero-order chi connectivity index (χ0) is 71.4. The molecule has 2 aromatic heterocycles. The Kier molecular flexibility index (Phi) is 15.9. The first-order valence-corrected chi connectivity index (χ1v) is 36.9. The molecule has 0 radical (unpaired) electrons. The van der Waals surface area contributed by atoms with Gasteiger partial charge >= 0.3 is 0 Å². The Morgan fingerprint density at radius 1 is 0.157 bits per heavy atom. The SMILES string of the molecule is c1ccc(-c2ccc(-c3ccc(N(c4cccc(-c5cccc(-c6cccc7cc(-c8ccc(-c9ccc(-c%10ccc(N(c%11cccc(-c%12cccc(-c%13cccc%14ccccc%13%14)c%12)c%11)c%11ccc%12c(c%11)oc%11ccccc%11%12)cc%10)cc9)cc8)ccc67)c5)c4)c4cccc5c4oc4ccccc45)cc3)cc2)cc1. The van der Waals surface area contributed by atoms with Gasteiger partial charge in [0.1, 0.15) is 16.7 Å². The standard InChI is InChI=1S/C104H68N2O2/c1-2-17-69(18-3-1)70-39-41-73(42-40-70)76-53-58-88(59-54-76)106(100-36-16-35-99-97-32-7-9-38-102(97)108-104(99)100)90-29-13-24-82(67-90)80-22-11-26-85(64-80)94-34-15-27-86-65-83(55-61-95(86)94)77-49-47-72(48-50-77)71-43-45-74(46-44-71)75-51-56-87(57-52-75)105(91-60-62-98-96-31-6-8-37-101(96)107-103(98)68-91)89-28-12-23-81(66-89)79-21-10-25-84(63-79)93-33-14-20-78-19-4-5-30-92(78)93/h1-68H. The Bertz CT molecular complexity index is 6770. The van der Waals surface area contributed by atoms with Crippen molar-refractivity contribution in [3.8, 4) is 100 Å². The molecule has 0 bridgehead atoms. The molecule has 18 aromatic carbocycles. The molecule has 2 heterocycles. The fourth-order valence-electron chi connectivity index (χ4n) is 16.0. The molecule has 20 rings (SSSR count). The van der Waals surface area contributed by atoms with Crippen LogP contribution in [0.4, 0.5) is 34.1 Å². The number of furan rings is 2. The normalized spacial score (nSPS) is 11.5. The summed E-state index contributed by atoms with van der Waals surface area (Å²) in [6.45, 7) is 0. The first-order chi connectivity index (χ1) is 53.5. The summed E-state index contributed by atoms with van der Waals surface area (Å²) in [4.78, 5) is 4.67. The van der Waals surface area contributed by atoms with E-state index in [0.717, 1.165) is 123 Å². The van der Waals surface area contributed by atoms with Crippen LogP contribution in [0.2, 0.25) is 0 Å². The molecule has 0 atom stereocenters. The lowest BCUT2D eigenvalue weighted by Crippen LogP contribution is -2.10. The second-order valence-electron chi connectivity index (χ2n) is 27.9. The largest absolute Gasteiger partial charge is 0.456 e. The van der Waals surface area contributed by atoms with E-state index in [9.17, 15) is 0 Å². The van der Waals surface area contributed by atoms with Gasteiger partial charge in [-0.15, -0.1) is 0 Å². The Hall–Kier alpha value is -14.3. The Morgan fingerprint density at radius 2 is 0.491 bits per heavy atom. The molecule has 0 spiro atoms. The smallest absolute Gasteiger partial charge is 0.159 e. The zero-order valence-electron chi connectivity index (χ0n) is 59.0. The van der Waals surface area contributed by atoms with E-state index in [0.29, 0.717) is 0 Å². The third-order valence-corrected chi connectivity index (χ3v) is 21.5. The van der Waals surface area contributed by atoms with E-state index in [2.05, 4.69) is 404 Å². The van der Waals surface area contributed by atoms with Crippen LogP contribution in [-0.2, 0) is 0 Å². The van der Waals surface area contributed by atoms with Crippen molar-refractivity contribution in [1.29, 1.82) is 0 Å². The summed E-state index contributed by atoms with van der Waals surface area (Å²) in [5, 5.41) is 9.27. The van der Waals surface area contributed by atoms with E-state index in [4.69, 9.17) is 8.83 Å². The predicted molar refractivity (Wildman–Crippen MR) is 454 cm³/mol. The molecule has 0 unspecified atom stereocenters. The van der Waals surface area contributed by atoms with Crippen LogP contribution in [0.1, 0.15) is 0 Å². The summed E-state index contributed by atoms with van der Waals surface area (Å²) < 4.78 is 13.2. The van der Waals surface area contributed by atoms with Gasteiger partial charge < -0.3 is 18.6 Å². The van der Waals surface area contributed by atoms with Crippen LogP contribution in [-0.4, -0.2) is 0 Å². The molecule has 108 heavy (non-hydrogen) atoms. The highest BCUT2D eigenvalue weighted by Gasteiger charge is 2.22. The van der Waals surface area contributed by atoms with Gasteiger partial charge in [-0.1, -0.05) is 309 Å². The fourth-order valence-corrected chi connectivity index (χ4v) is 16.0. The molecule has 0 fully saturated rings. The van der Waals surface area contributed by atoms with Gasteiger partial charge in [0.05, 0.1) is 5.69 Å². The molecule has 0 aliphatic carbocycles. The molecule has 4 heteroatoms. The van der Waals surface area contributed by atoms with Crippen molar-refractivity contribution in [1.82, 2.24) is 0 Å². The number of anilines is 6. The second kappa shape index (κ2) is 27.1. The molecule has 0 aliphatic heterocycles. The number of hydrogen-bond acceptors (Lipinski definition) is 4. The zero-order valence-corrected chi connectivity index (χ0v) is 59.0. The minimum Gasteiger partial charge on any atom is -0.456 e. The predicted octanol–water partition coefficient (Wildman–Crippen LogP) is 29.7. The van der Waals surface area contributed by atoms with E-state index in [1.807, 2.05) is 18.2 Å². The number of rotatable bonds is 15. The lowest BCUT2D eigenvalue weighted by Gasteiger charge is -2.26. The molecule has 0 saturated carbocycles. The number of para-hydroxylation sites is 3. The fraction of sp³-hybridized carbons (Fsp3) is 0. The highest BCUT2D eigenvalue weighted by Crippen LogP contribution is 2.46. The quantitative estimate of drug-likeness (QED) is 0.102. The molecular formula is C104H68N2O2. The van der Waals surface area contributed by atoms with Gasteiger partial charge in [-0.2, -0.15) is 0 Å². The first kappa shape index (κ1) is 63.4. The molecule has 0 saturated heterocycles. The van der Waals surface area contributed by atoms with E-state index in [1.54, 1.807) is 0 Å². The Balaban J connectivity index is 0.556. The minimum absolute atomic E-state index is 0.846. The maximum atomic E-state index is 6.74. The summed E-state index contributed by atoms with van der Waals surface area (Å²) in [6.07, 6.45) is 0. The molecule has 0 aliphatic rings. The van der Waals surface area contributed by atoms with Crippen molar-refractivity contribution in [2.45, 2.75) is 0 Å². The number of nitrogens with zero attached hydrogens (tertiary/aromatic N) is 2. The van der Waals surface area contributed by atoms with Crippen LogP contribution in [0.5, 0.6) is 0 Å². The molecule has 4 nitrogen and oxygen atoms in total. The molecule has 0 N–H and O–H groups in total. The van der Waals surface area contributed by atoms with E-state index >= 15 is 0 Å². The van der Waals surface area contributed by atoms with Gasteiger partial charge in [0.25, 0.3) is 0 Å². The van der Waals surface area contributed by atoms with E-state index < -0.39 is 0 Å². The number of hydrogen-bond donors (Lipinski definition) is 0. The van der Waals surface area contributed by atoms with E-state index in [1.165, 1.54) is 77.2 Å². The molecular weight excluding hydrogens is 1310 g/mol. The van der Waals surface area contributed by atoms with Crippen molar-refractivity contribution in [2.24, 2.45) is 0 Å². The van der Waals surface area contributed by atoms with Crippen molar-refractivity contribution < 1.29 is 8.83 Å². The van der Waals surface area contributed by atoms with Crippen molar-refractivity contribution in [2.75, 3.05) is 9.80 Å². The van der Waals surface area contributed by atoms with Crippen LogP contribution in [0.3, 0.4) is 0 Å². The van der Waals surface area contributed by atoms with Gasteiger partial charge in [0, 0.05) is 56.0 Å². The van der Waals surface area contributed by atoms with Crippen LogP contribution in [0, 0.1) is 0 Å². The van der Waals surface area contributed by atoms with Gasteiger partial charge in [-0.25, -0.2) is 0 Å². The Labute approximate surface area is 626 Å². The molecule has 0 amide bonds. The van der Waals surface area contributed by atoms with Gasteiger partial charge in [-0.05, 0) is 219 Å². The summed E-state index contributed by atoms with van der Waals surface area (Å²) in [5.41, 5.74) is 30.6. The van der Waals surface area contributed by atoms with E-state index in [-0.39, 0.29) is 0 Å². The van der Waals surface area contributed by atoms with Gasteiger partial charge in [0.2, 0.25) is 0 Å². The highest BCUT2D eigenvalue weighted by atomic mass is 16.3. The highest BCUT2D eigenvalue weighted by molar-refractivity contribution is 6.11. The average Bonchev–Trinajstić information content (AvgIpc) is 1.51. The number of fused-ring (bicyclic) bond motifs is 8. The van der Waals surface area contributed by atoms with Crippen LogP contribution in [0.25, 0.3) is 166 Å². The van der Waals surface area contributed by atoms with Crippen LogP contribution < -0.4 is 9.80 Å². The minimum atomic E-state index is 0.846. The maximum absolute atomic E-state index is 6.74. The summed E-state index contributed by atoms with van der Waals surface area (Å²) in [7, 11) is 0.